The Morgan fingerprint density at radius 3 is 1.56 bits per heavy atom. The number of hydrogen-bond acceptors (Lipinski definition) is 3. The number of nitrogens with zero attached hydrogens (tertiary/aromatic N) is 5. The molecule has 0 radical (unpaired) electrons. The average Bonchev–Trinajstić information content (AvgIpc) is 4.07. The molecule has 61 heavy (non-hydrogen) atoms. The van der Waals surface area contributed by atoms with E-state index in [2.05, 4.69) is 220 Å². The van der Waals surface area contributed by atoms with E-state index in [0.717, 1.165) is 77.3 Å². The smallest absolute Gasteiger partial charge is 0.221 e. The number of pyridine rings is 1. The molecule has 288 valence electrons. The van der Waals surface area contributed by atoms with Crippen molar-refractivity contribution < 1.29 is 4.42 Å². The van der Waals surface area contributed by atoms with E-state index in [0.29, 0.717) is 0 Å². The first-order valence-corrected chi connectivity index (χ1v) is 22.1. The fraction of sp³-hybridized carbons (Fsp3) is 0. The summed E-state index contributed by atoms with van der Waals surface area (Å²) in [6.45, 7) is 0. The van der Waals surface area contributed by atoms with Crippen molar-refractivity contribution in [1.29, 1.82) is 0 Å². The Kier molecular flexibility index (Phi) is 7.29. The van der Waals surface area contributed by atoms with E-state index in [1.54, 1.807) is 0 Å². The maximum absolute atomic E-state index is 6.45. The van der Waals surface area contributed by atoms with Crippen molar-refractivity contribution in [2.24, 2.45) is 0 Å². The van der Waals surface area contributed by atoms with Crippen LogP contribution in [-0.2, 0) is 0 Å². The molecular weight excluding hydrogens is 767 g/mol. The highest BCUT2D eigenvalue weighted by Gasteiger charge is 2.36. The fourth-order valence-electron chi connectivity index (χ4n) is 9.59. The molecule has 5 aromatic heterocycles. The maximum atomic E-state index is 6.45. The lowest BCUT2D eigenvalue weighted by Gasteiger charge is -2.42. The molecule has 0 aliphatic carbocycles. The van der Waals surface area contributed by atoms with Crippen molar-refractivity contribution in [3.63, 3.8) is 0 Å². The van der Waals surface area contributed by atoms with E-state index < -0.39 is 10.0 Å². The first-order chi connectivity index (χ1) is 30.3. The summed E-state index contributed by atoms with van der Waals surface area (Å²) in [6.07, 6.45) is 0. The number of benzene rings is 8. The van der Waals surface area contributed by atoms with Crippen LogP contribution in [0.15, 0.2) is 236 Å². The lowest BCUT2D eigenvalue weighted by Crippen LogP contribution is -2.10. The highest BCUT2D eigenvalue weighted by molar-refractivity contribution is 8.34. The second-order valence-electron chi connectivity index (χ2n) is 15.4. The molecule has 8 aromatic carbocycles. The van der Waals surface area contributed by atoms with Crippen LogP contribution in [0.4, 0.5) is 0 Å². The highest BCUT2D eigenvalue weighted by atomic mass is 32.3. The molecule has 13 aromatic rings. The molecule has 0 saturated heterocycles. The number of rotatable bonds is 6. The molecule has 0 bridgehead atoms. The van der Waals surface area contributed by atoms with Crippen molar-refractivity contribution in [3.05, 3.63) is 212 Å². The zero-order valence-electron chi connectivity index (χ0n) is 32.8. The van der Waals surface area contributed by atoms with Crippen LogP contribution in [0.3, 0.4) is 0 Å². The molecule has 0 unspecified atom stereocenters. The number of para-hydroxylation sites is 7. The van der Waals surface area contributed by atoms with Gasteiger partial charge in [0.1, 0.15) is 22.8 Å². The Labute approximate surface area is 351 Å². The molecule has 6 nitrogen and oxygen atoms in total. The van der Waals surface area contributed by atoms with Gasteiger partial charge in [0.15, 0.2) is 0 Å². The van der Waals surface area contributed by atoms with E-state index in [4.69, 9.17) is 14.4 Å². The number of aromatic nitrogens is 5. The lowest BCUT2D eigenvalue weighted by atomic mass is 10.1. The molecule has 0 aliphatic heterocycles. The van der Waals surface area contributed by atoms with E-state index in [-0.39, 0.29) is 0 Å². The molecule has 7 heteroatoms. The third kappa shape index (κ3) is 4.86. The summed E-state index contributed by atoms with van der Waals surface area (Å²) in [7, 11) is -2.25. The zero-order valence-corrected chi connectivity index (χ0v) is 33.6. The minimum Gasteiger partial charge on any atom is -0.456 e. The summed E-state index contributed by atoms with van der Waals surface area (Å²) in [5, 5.41) is 4.56. The van der Waals surface area contributed by atoms with Crippen molar-refractivity contribution in [2.45, 2.75) is 19.6 Å². The third-order valence-electron chi connectivity index (χ3n) is 12.2. The minimum absolute atomic E-state index is 0.787. The second kappa shape index (κ2) is 13.1. The summed E-state index contributed by atoms with van der Waals surface area (Å²) in [5.41, 5.74) is 8.03. The van der Waals surface area contributed by atoms with Crippen molar-refractivity contribution >= 4 is 81.6 Å². The van der Waals surface area contributed by atoms with Crippen LogP contribution in [0.1, 0.15) is 0 Å². The van der Waals surface area contributed by atoms with Gasteiger partial charge in [0, 0.05) is 41.1 Å². The van der Waals surface area contributed by atoms with Gasteiger partial charge in [0.2, 0.25) is 5.78 Å². The molecule has 0 saturated carbocycles. The van der Waals surface area contributed by atoms with Crippen LogP contribution < -0.4 is 0 Å². The Hall–Kier alpha value is -7.87. The summed E-state index contributed by atoms with van der Waals surface area (Å²) < 4.78 is 13.3. The molecule has 13 rings (SSSR count). The monoisotopic (exact) mass is 801 g/mol. The zero-order chi connectivity index (χ0) is 40.1. The SMILES string of the molecule is c1ccc(S(c2ccccc2)(c2cc(-n3c4ccccc4c4ccccc43)nc(-n3c4ccccc4n4c5ccccc5nc34)c2)c2ccc3oc4ccccc4c3c2)cc1. The molecule has 0 fully saturated rings. The number of fused-ring (bicyclic) bond motifs is 11. The first kappa shape index (κ1) is 34.0. The predicted molar refractivity (Wildman–Crippen MR) is 249 cm³/mol. The number of imidazole rings is 2. The topological polar surface area (TPSA) is 53.2 Å². The largest absolute Gasteiger partial charge is 0.456 e. The van der Waals surface area contributed by atoms with Gasteiger partial charge in [-0.3, -0.25) is 13.5 Å². The molecular formula is C54H35N5OS. The standard InChI is InChI=1S/C54H35N5OS/c1-3-17-36(18-4-1)61(37-19-5-2-6-20-37,38-31-32-51-43(33-38)42-23-9-16-30-50(42)60-51)39-34-52(57-45-25-11-7-21-40(45)41-22-8-12-26-46(41)57)56-53(35-39)59-49-29-15-14-28-48(49)58-47-27-13-10-24-44(47)55-54(58)59/h1-35H. The van der Waals surface area contributed by atoms with Crippen LogP contribution >= 0.6 is 10.0 Å². The molecule has 0 N–H and O–H groups in total. The first-order valence-electron chi connectivity index (χ1n) is 20.5. The lowest BCUT2D eigenvalue weighted by molar-refractivity contribution is 0.668. The second-order valence-corrected chi connectivity index (χ2v) is 18.6. The van der Waals surface area contributed by atoms with Gasteiger partial charge in [-0.25, -0.2) is 9.97 Å². The van der Waals surface area contributed by atoms with Crippen LogP contribution in [-0.4, -0.2) is 23.5 Å². The third-order valence-corrected chi connectivity index (χ3v) is 16.0. The normalized spacial score (nSPS) is 12.5. The highest BCUT2D eigenvalue weighted by Crippen LogP contribution is 2.74. The Balaban J connectivity index is 1.23. The minimum atomic E-state index is -2.25. The van der Waals surface area contributed by atoms with Crippen molar-refractivity contribution in [2.75, 3.05) is 0 Å². The Morgan fingerprint density at radius 1 is 0.344 bits per heavy atom. The summed E-state index contributed by atoms with van der Waals surface area (Å²) in [6, 6.07) is 76.2. The Bertz CT molecular complexity index is 3750. The van der Waals surface area contributed by atoms with Crippen LogP contribution in [0.2, 0.25) is 0 Å². The quantitative estimate of drug-likeness (QED) is 0.168. The summed E-state index contributed by atoms with van der Waals surface area (Å²) in [5.74, 6) is 2.43. The van der Waals surface area contributed by atoms with Gasteiger partial charge in [0.25, 0.3) is 0 Å². The van der Waals surface area contributed by atoms with Crippen LogP contribution in [0.25, 0.3) is 83.2 Å². The van der Waals surface area contributed by atoms with Crippen molar-refractivity contribution in [3.8, 4) is 11.6 Å². The molecule has 0 spiro atoms. The molecule has 0 amide bonds. The van der Waals surface area contributed by atoms with Gasteiger partial charge in [-0.1, -0.05) is 115 Å². The van der Waals surface area contributed by atoms with Gasteiger partial charge >= 0.3 is 0 Å². The molecule has 0 aliphatic rings. The average molecular weight is 802 g/mol. The van der Waals surface area contributed by atoms with E-state index in [9.17, 15) is 0 Å². The van der Waals surface area contributed by atoms with Crippen LogP contribution in [0.5, 0.6) is 0 Å². The molecule has 0 atom stereocenters. The maximum Gasteiger partial charge on any atom is 0.221 e. The number of furan rings is 1. The van der Waals surface area contributed by atoms with Crippen molar-refractivity contribution in [1.82, 2.24) is 23.5 Å². The van der Waals surface area contributed by atoms with E-state index >= 15 is 0 Å². The Morgan fingerprint density at radius 2 is 0.869 bits per heavy atom. The van der Waals surface area contributed by atoms with Gasteiger partial charge in [-0.05, 0) is 97.1 Å². The van der Waals surface area contributed by atoms with Gasteiger partial charge < -0.3 is 4.42 Å². The van der Waals surface area contributed by atoms with Crippen LogP contribution in [0, 0.1) is 0 Å². The van der Waals surface area contributed by atoms with Gasteiger partial charge in [-0.2, -0.15) is 0 Å². The summed E-state index contributed by atoms with van der Waals surface area (Å²) in [4.78, 5) is 15.8. The van der Waals surface area contributed by atoms with Gasteiger partial charge in [-0.15, -0.1) is 10.0 Å². The predicted octanol–water partition coefficient (Wildman–Crippen LogP) is 14.2. The fourth-order valence-corrected chi connectivity index (χ4v) is 13.5. The van der Waals surface area contributed by atoms with E-state index in [1.807, 2.05) is 6.07 Å². The van der Waals surface area contributed by atoms with Gasteiger partial charge in [0.05, 0.1) is 33.1 Å². The molecule has 5 heterocycles. The summed E-state index contributed by atoms with van der Waals surface area (Å²) >= 11 is 0. The van der Waals surface area contributed by atoms with E-state index in [1.165, 1.54) is 25.5 Å². The number of hydrogen-bond donors (Lipinski definition) is 0.